The lowest BCUT2D eigenvalue weighted by Crippen LogP contribution is -2.42. The Morgan fingerprint density at radius 1 is 1.09 bits per heavy atom. The maximum atomic E-state index is 11.8. The van der Waals surface area contributed by atoms with Crippen LogP contribution in [0, 0.1) is 12.3 Å². The van der Waals surface area contributed by atoms with Crippen molar-refractivity contribution >= 4 is 21.8 Å². The lowest BCUT2D eigenvalue weighted by molar-refractivity contribution is 0.0535. The fourth-order valence-corrected chi connectivity index (χ4v) is 5.86. The minimum Gasteiger partial charge on any atom is -0.457 e. The molecule has 2 aromatic rings. The van der Waals surface area contributed by atoms with Gasteiger partial charge in [0.05, 0.1) is 18.0 Å². The van der Waals surface area contributed by atoms with Crippen LogP contribution in [0.3, 0.4) is 0 Å². The van der Waals surface area contributed by atoms with Crippen molar-refractivity contribution in [3.63, 3.8) is 0 Å². The molecule has 3 aliphatic rings. The quantitative estimate of drug-likeness (QED) is 0.615. The fraction of sp³-hybridized carbons (Fsp3) is 0.542. The molecule has 0 aliphatic carbocycles. The molecule has 0 amide bonds. The monoisotopic (exact) mass is 470 g/mol. The molecule has 3 aliphatic heterocycles. The largest absolute Gasteiger partial charge is 0.457 e. The normalized spacial score (nSPS) is 20.3. The zero-order valence-electron chi connectivity index (χ0n) is 19.2. The number of esters is 1. The van der Waals surface area contributed by atoms with E-state index in [1.54, 1.807) is 0 Å². The Hall–Kier alpha value is -2.52. The van der Waals surface area contributed by atoms with Crippen molar-refractivity contribution in [3.8, 4) is 0 Å². The Morgan fingerprint density at radius 3 is 2.48 bits per heavy atom. The number of fused-ring (bicyclic) bond motifs is 1. The first kappa shape index (κ1) is 22.3. The number of benzene rings is 1. The average Bonchev–Trinajstić information content (AvgIpc) is 3.39. The number of aromatic nitrogens is 2. The molecule has 33 heavy (non-hydrogen) atoms. The van der Waals surface area contributed by atoms with Crippen LogP contribution < -0.4 is 4.90 Å². The summed E-state index contributed by atoms with van der Waals surface area (Å²) in [5.74, 6) is 0.416. The number of anilines is 1. The molecule has 8 nitrogen and oxygen atoms in total. The maximum absolute atomic E-state index is 11.8. The number of cyclic esters (lactones) is 1. The van der Waals surface area contributed by atoms with Crippen LogP contribution in [0.1, 0.15) is 46.3 Å². The van der Waals surface area contributed by atoms with Crippen LogP contribution in [0.5, 0.6) is 0 Å². The average molecular weight is 471 g/mol. The van der Waals surface area contributed by atoms with Gasteiger partial charge in [0.1, 0.15) is 11.5 Å². The van der Waals surface area contributed by atoms with E-state index in [0.29, 0.717) is 12.6 Å². The van der Waals surface area contributed by atoms with Crippen LogP contribution in [0.4, 0.5) is 5.95 Å². The minimum absolute atomic E-state index is 0.159. The van der Waals surface area contributed by atoms with Crippen LogP contribution in [0.15, 0.2) is 29.4 Å². The van der Waals surface area contributed by atoms with Gasteiger partial charge >= 0.3 is 5.97 Å². The first-order valence-electron chi connectivity index (χ1n) is 11.5. The first-order chi connectivity index (χ1) is 15.7. The number of hydrogen-bond acceptors (Lipinski definition) is 8. The highest BCUT2D eigenvalue weighted by Crippen LogP contribution is 2.41. The summed E-state index contributed by atoms with van der Waals surface area (Å²) in [5.41, 5.74) is 4.55. The Balaban J connectivity index is 1.15. The summed E-state index contributed by atoms with van der Waals surface area (Å²) in [7, 11) is -3.28. The van der Waals surface area contributed by atoms with Gasteiger partial charge in [0.15, 0.2) is 9.84 Å². The summed E-state index contributed by atoms with van der Waals surface area (Å²) in [6.45, 7) is 7.51. The number of nitrogens with zero attached hydrogens (tertiary/aromatic N) is 4. The predicted octanol–water partition coefficient (Wildman–Crippen LogP) is 2.39. The fourth-order valence-electron chi connectivity index (χ4n) is 5.38. The molecule has 0 saturated carbocycles. The minimum atomic E-state index is -3.28. The molecular weight excluding hydrogens is 440 g/mol. The second-order valence-corrected chi connectivity index (χ2v) is 11.7. The number of rotatable bonds is 5. The molecule has 0 N–H and O–H groups in total. The van der Waals surface area contributed by atoms with Crippen molar-refractivity contribution in [1.82, 2.24) is 14.9 Å². The van der Waals surface area contributed by atoms with E-state index in [1.165, 1.54) is 29.8 Å². The molecule has 176 valence electrons. The van der Waals surface area contributed by atoms with Crippen molar-refractivity contribution in [3.05, 3.63) is 46.8 Å². The number of carbonyl (C=O) groups is 1. The van der Waals surface area contributed by atoms with E-state index in [9.17, 15) is 13.2 Å². The number of piperidine rings is 1. The molecule has 2 fully saturated rings. The van der Waals surface area contributed by atoms with Gasteiger partial charge in [-0.15, -0.1) is 0 Å². The molecule has 0 atom stereocenters. The highest BCUT2D eigenvalue weighted by molar-refractivity contribution is 7.90. The van der Waals surface area contributed by atoms with Gasteiger partial charge in [-0.05, 0) is 68.3 Å². The Bertz CT molecular complexity index is 1170. The molecule has 1 spiro atoms. The van der Waals surface area contributed by atoms with Gasteiger partial charge < -0.3 is 14.5 Å². The molecule has 1 aromatic carbocycles. The molecule has 0 bridgehead atoms. The lowest BCUT2D eigenvalue weighted by Gasteiger charge is -2.39. The number of ether oxygens (including phenoxy) is 1. The molecule has 4 heterocycles. The smallest absolute Gasteiger partial charge is 0.338 e. The number of sulfone groups is 1. The van der Waals surface area contributed by atoms with Gasteiger partial charge in [-0.25, -0.2) is 23.2 Å². The third kappa shape index (κ3) is 4.36. The first-order valence-corrected chi connectivity index (χ1v) is 13.4. The van der Waals surface area contributed by atoms with E-state index in [1.807, 2.05) is 6.07 Å². The van der Waals surface area contributed by atoms with Crippen LogP contribution in [-0.4, -0.2) is 68.2 Å². The standard InChI is InChI=1S/C24H30N4O4S/c1-17-18(3-4-20-21(17)15-32-22(20)29)5-9-27-10-6-24(7-11-27)8-12-28(16-24)23-25-13-19(14-26-23)33(2,30)31/h3-4,13-14H,5-12,15-16H2,1-2H3. The molecule has 0 unspecified atom stereocenters. The summed E-state index contributed by atoms with van der Waals surface area (Å²) in [6.07, 6.45) is 8.39. The molecular formula is C24H30N4O4S. The van der Waals surface area contributed by atoms with Gasteiger partial charge in [0, 0.05) is 31.5 Å². The third-order valence-electron chi connectivity index (χ3n) is 7.66. The van der Waals surface area contributed by atoms with Gasteiger partial charge in [0.25, 0.3) is 0 Å². The summed E-state index contributed by atoms with van der Waals surface area (Å²) < 4.78 is 28.5. The lowest BCUT2D eigenvalue weighted by atomic mass is 9.77. The van der Waals surface area contributed by atoms with Crippen LogP contribution in [-0.2, 0) is 27.6 Å². The van der Waals surface area contributed by atoms with Crippen LogP contribution in [0.25, 0.3) is 0 Å². The second kappa shape index (κ2) is 8.36. The Labute approximate surface area is 194 Å². The molecule has 1 aromatic heterocycles. The van der Waals surface area contributed by atoms with Gasteiger partial charge in [0.2, 0.25) is 5.95 Å². The van der Waals surface area contributed by atoms with Crippen molar-refractivity contribution in [2.75, 3.05) is 43.9 Å². The predicted molar refractivity (Wildman–Crippen MR) is 124 cm³/mol. The summed E-state index contributed by atoms with van der Waals surface area (Å²) >= 11 is 0. The highest BCUT2D eigenvalue weighted by atomic mass is 32.2. The van der Waals surface area contributed by atoms with Crippen LogP contribution in [0.2, 0.25) is 0 Å². The van der Waals surface area contributed by atoms with E-state index in [-0.39, 0.29) is 16.3 Å². The van der Waals surface area contributed by atoms with Gasteiger partial charge in [-0.3, -0.25) is 0 Å². The SMILES string of the molecule is Cc1c(CCN2CCC3(CC2)CCN(c2ncc(S(C)(=O)=O)cn2)C3)ccc2c1COC2=O. The van der Waals surface area contributed by atoms with Crippen molar-refractivity contribution < 1.29 is 17.9 Å². The topological polar surface area (TPSA) is 92.7 Å². The van der Waals surface area contributed by atoms with E-state index >= 15 is 0 Å². The van der Waals surface area contributed by atoms with E-state index in [0.717, 1.165) is 69.5 Å². The summed E-state index contributed by atoms with van der Waals surface area (Å²) in [4.78, 5) is 25.3. The van der Waals surface area contributed by atoms with Crippen molar-refractivity contribution in [2.24, 2.45) is 5.41 Å². The molecule has 9 heteroatoms. The molecule has 2 saturated heterocycles. The van der Waals surface area contributed by atoms with Crippen molar-refractivity contribution in [1.29, 1.82) is 0 Å². The summed E-state index contributed by atoms with van der Waals surface area (Å²) in [5, 5.41) is 0. The number of likely N-dealkylation sites (tertiary alicyclic amines) is 1. The molecule has 5 rings (SSSR count). The van der Waals surface area contributed by atoms with Gasteiger partial charge in [-0.2, -0.15) is 0 Å². The van der Waals surface area contributed by atoms with E-state index < -0.39 is 9.84 Å². The maximum Gasteiger partial charge on any atom is 0.338 e. The number of hydrogen-bond donors (Lipinski definition) is 0. The Kier molecular flexibility index (Phi) is 5.64. The van der Waals surface area contributed by atoms with Crippen LogP contribution >= 0.6 is 0 Å². The molecule has 0 radical (unpaired) electrons. The zero-order chi connectivity index (χ0) is 23.2. The third-order valence-corrected chi connectivity index (χ3v) is 8.72. The zero-order valence-corrected chi connectivity index (χ0v) is 20.0. The van der Waals surface area contributed by atoms with E-state index in [2.05, 4.69) is 32.8 Å². The van der Waals surface area contributed by atoms with Gasteiger partial charge in [-0.1, -0.05) is 6.07 Å². The highest BCUT2D eigenvalue weighted by Gasteiger charge is 2.41. The second-order valence-electron chi connectivity index (χ2n) is 9.71. The summed E-state index contributed by atoms with van der Waals surface area (Å²) in [6, 6.07) is 3.99. The number of carbonyl (C=O) groups excluding carboxylic acids is 1. The Morgan fingerprint density at radius 2 is 1.79 bits per heavy atom. The van der Waals surface area contributed by atoms with Crippen molar-refractivity contribution in [2.45, 2.75) is 44.1 Å². The van der Waals surface area contributed by atoms with E-state index in [4.69, 9.17) is 4.74 Å².